The lowest BCUT2D eigenvalue weighted by Crippen LogP contribution is -2.50. The first-order chi connectivity index (χ1) is 23.5. The van der Waals surface area contributed by atoms with Gasteiger partial charge in [-0.15, -0.1) is 0 Å². The van der Waals surface area contributed by atoms with E-state index in [4.69, 9.17) is 10.5 Å². The molecule has 5 amide bonds. The Morgan fingerprint density at radius 3 is 2.24 bits per heavy atom. The molecule has 0 saturated carbocycles. The summed E-state index contributed by atoms with van der Waals surface area (Å²) >= 11 is 0. The summed E-state index contributed by atoms with van der Waals surface area (Å²) in [5.41, 5.74) is 7.90. The number of nitrogen functional groups attached to an aromatic ring is 1. The van der Waals surface area contributed by atoms with Crippen LogP contribution in [0.5, 0.6) is 5.75 Å². The number of aliphatic hydroxyl groups is 1. The molecule has 3 aromatic rings. The van der Waals surface area contributed by atoms with E-state index in [9.17, 15) is 28.7 Å². The molecule has 0 aromatic heterocycles. The number of urea groups is 1. The van der Waals surface area contributed by atoms with E-state index in [0.29, 0.717) is 42.0 Å². The van der Waals surface area contributed by atoms with Gasteiger partial charge in [0.2, 0.25) is 11.8 Å². The van der Waals surface area contributed by atoms with Crippen molar-refractivity contribution in [2.75, 3.05) is 48.4 Å². The van der Waals surface area contributed by atoms with E-state index in [2.05, 4.69) is 16.0 Å². The van der Waals surface area contributed by atoms with Crippen LogP contribution in [0.25, 0.3) is 0 Å². The second-order valence-electron chi connectivity index (χ2n) is 12.4. The molecule has 1 aliphatic heterocycles. The van der Waals surface area contributed by atoms with Crippen molar-refractivity contribution >= 4 is 46.5 Å². The highest BCUT2D eigenvalue weighted by Gasteiger charge is 2.35. The molecule has 49 heavy (non-hydrogen) atoms. The lowest BCUT2D eigenvalue weighted by atomic mass is 9.99. The molecule has 0 unspecified atom stereocenters. The van der Waals surface area contributed by atoms with Crippen LogP contribution in [0, 0.1) is 11.7 Å². The molecule has 1 heterocycles. The Kier molecular flexibility index (Phi) is 12.9. The minimum absolute atomic E-state index is 0.121. The van der Waals surface area contributed by atoms with Crippen LogP contribution >= 0.6 is 0 Å². The molecule has 0 fully saturated rings. The van der Waals surface area contributed by atoms with Gasteiger partial charge in [0, 0.05) is 38.0 Å². The zero-order valence-electron chi connectivity index (χ0n) is 28.1. The Morgan fingerprint density at radius 1 is 0.959 bits per heavy atom. The third-order valence-corrected chi connectivity index (χ3v) is 8.40. The molecule has 3 atom stereocenters. The highest BCUT2D eigenvalue weighted by Crippen LogP contribution is 2.35. The van der Waals surface area contributed by atoms with Crippen molar-refractivity contribution in [3.05, 3.63) is 78.1 Å². The molecule has 3 aromatic carbocycles. The van der Waals surface area contributed by atoms with Crippen molar-refractivity contribution in [2.45, 2.75) is 58.1 Å². The van der Waals surface area contributed by atoms with E-state index in [1.807, 2.05) is 6.92 Å². The molecule has 12 nitrogen and oxygen atoms in total. The lowest BCUT2D eigenvalue weighted by Gasteiger charge is -2.38. The fraction of sp³-hybridized carbons (Fsp3) is 0.389. The first-order valence-electron chi connectivity index (χ1n) is 16.4. The number of nitrogens with one attached hydrogen (secondary N) is 3. The molecule has 0 aliphatic carbocycles. The maximum Gasteiger partial charge on any atom is 0.321 e. The van der Waals surface area contributed by atoms with Crippen LogP contribution in [0.3, 0.4) is 0 Å². The summed E-state index contributed by atoms with van der Waals surface area (Å²) in [7, 11) is 1.60. The summed E-state index contributed by atoms with van der Waals surface area (Å²) in [6, 6.07) is 16.4. The summed E-state index contributed by atoms with van der Waals surface area (Å²) in [6.45, 7) is 3.76. The molecular weight excluding hydrogens is 631 g/mol. The number of anilines is 4. The van der Waals surface area contributed by atoms with Crippen LogP contribution in [0.2, 0.25) is 0 Å². The summed E-state index contributed by atoms with van der Waals surface area (Å²) < 4.78 is 19.8. The summed E-state index contributed by atoms with van der Waals surface area (Å²) in [4.78, 5) is 55.2. The number of nitrogens with two attached hydrogens (primary N) is 1. The van der Waals surface area contributed by atoms with Crippen molar-refractivity contribution in [1.29, 1.82) is 0 Å². The van der Waals surface area contributed by atoms with Gasteiger partial charge >= 0.3 is 6.03 Å². The Labute approximate surface area is 285 Å². The number of likely N-dealkylation sites (N-methyl/N-ethyl adjacent to an activating group) is 1. The number of carbonyl (C=O) groups is 4. The van der Waals surface area contributed by atoms with Crippen LogP contribution in [0.15, 0.2) is 66.7 Å². The minimum atomic E-state index is -0.611. The number of halogens is 1. The van der Waals surface area contributed by atoms with Gasteiger partial charge < -0.3 is 41.3 Å². The smallest absolute Gasteiger partial charge is 0.321 e. The monoisotopic (exact) mass is 676 g/mol. The van der Waals surface area contributed by atoms with Gasteiger partial charge in [0.1, 0.15) is 11.9 Å². The normalized spacial score (nSPS) is 16.3. The van der Waals surface area contributed by atoms with Gasteiger partial charge in [0.15, 0.2) is 5.75 Å². The molecule has 0 radical (unpaired) electrons. The van der Waals surface area contributed by atoms with Gasteiger partial charge in [-0.25, -0.2) is 9.18 Å². The number of aliphatic hydroxyl groups excluding tert-OH is 1. The van der Waals surface area contributed by atoms with Crippen molar-refractivity contribution in [3.8, 4) is 5.75 Å². The Balaban J connectivity index is 1.42. The molecule has 262 valence electrons. The standard InChI is InChI=1S/C36H45FN6O6/c1-23-20-43(24(2)22-44)35(47)27-10-9-13-30(34(27)49-31(23)21-42(3)36(48)39-26-18-16-25(37)17-19-26)41-33(46)15-6-4-5-14-32(45)40-29-12-8-7-11-28(29)38/h7-13,16-19,23-24,31,44H,4-6,14-15,20-22,38H2,1-3H3,(H,39,48)(H,40,45)(H,41,46)/t23-,24+,31+/m1/s1. The van der Waals surface area contributed by atoms with Gasteiger partial charge in [-0.3, -0.25) is 14.4 Å². The Morgan fingerprint density at radius 2 is 1.59 bits per heavy atom. The number of fused-ring (bicyclic) bond motifs is 1. The van der Waals surface area contributed by atoms with Gasteiger partial charge in [-0.1, -0.05) is 31.5 Å². The molecule has 4 rings (SSSR count). The van der Waals surface area contributed by atoms with E-state index < -0.39 is 24.0 Å². The first kappa shape index (κ1) is 36.7. The Hall–Kier alpha value is -5.17. The average molecular weight is 677 g/mol. The third kappa shape index (κ3) is 10.2. The van der Waals surface area contributed by atoms with Crippen LogP contribution in [-0.4, -0.2) is 77.5 Å². The predicted octanol–water partition coefficient (Wildman–Crippen LogP) is 5.32. The number of carbonyl (C=O) groups excluding carboxylic acids is 4. The van der Waals surface area contributed by atoms with Crippen LogP contribution in [-0.2, 0) is 9.59 Å². The number of amides is 5. The first-order valence-corrected chi connectivity index (χ1v) is 16.4. The number of rotatable bonds is 13. The van der Waals surface area contributed by atoms with Crippen molar-refractivity contribution in [2.24, 2.45) is 5.92 Å². The zero-order chi connectivity index (χ0) is 35.5. The number of unbranched alkanes of at least 4 members (excludes halogenated alkanes) is 2. The number of nitrogens with zero attached hydrogens (tertiary/aromatic N) is 2. The molecule has 1 aliphatic rings. The summed E-state index contributed by atoms with van der Waals surface area (Å²) in [5.74, 6) is -1.32. The third-order valence-electron chi connectivity index (χ3n) is 8.40. The highest BCUT2D eigenvalue weighted by atomic mass is 19.1. The second-order valence-corrected chi connectivity index (χ2v) is 12.4. The van der Waals surface area contributed by atoms with E-state index in [0.717, 1.165) is 0 Å². The van der Waals surface area contributed by atoms with Gasteiger partial charge in [-0.2, -0.15) is 0 Å². The topological polar surface area (TPSA) is 166 Å². The Bertz CT molecular complexity index is 1620. The highest BCUT2D eigenvalue weighted by molar-refractivity contribution is 6.01. The number of hydrogen-bond donors (Lipinski definition) is 5. The fourth-order valence-electron chi connectivity index (χ4n) is 5.45. The van der Waals surface area contributed by atoms with Crippen molar-refractivity contribution < 1.29 is 33.4 Å². The summed E-state index contributed by atoms with van der Waals surface area (Å²) in [5, 5.41) is 18.4. The summed E-state index contributed by atoms with van der Waals surface area (Å²) in [6.07, 6.45) is 1.63. The molecule has 0 bridgehead atoms. The number of benzene rings is 3. The molecule has 0 spiro atoms. The SMILES string of the molecule is C[C@@H]1CN([C@@H](C)CO)C(=O)c2cccc(NC(=O)CCCCCC(=O)Nc3ccccc3N)c2O[C@H]1CN(C)C(=O)Nc1ccc(F)cc1. The quantitative estimate of drug-likeness (QED) is 0.121. The maximum atomic E-state index is 13.8. The number of ether oxygens (including phenoxy) is 1. The fourth-order valence-corrected chi connectivity index (χ4v) is 5.45. The zero-order valence-corrected chi connectivity index (χ0v) is 28.1. The average Bonchev–Trinajstić information content (AvgIpc) is 3.08. The van der Waals surface area contributed by atoms with Gasteiger partial charge in [0.05, 0.1) is 41.8 Å². The van der Waals surface area contributed by atoms with Gasteiger partial charge in [0.25, 0.3) is 5.91 Å². The molecule has 13 heteroatoms. The van der Waals surface area contributed by atoms with E-state index in [1.54, 1.807) is 61.3 Å². The minimum Gasteiger partial charge on any atom is -0.485 e. The second kappa shape index (κ2) is 17.3. The van der Waals surface area contributed by atoms with Crippen molar-refractivity contribution in [3.63, 3.8) is 0 Å². The van der Waals surface area contributed by atoms with E-state index in [1.165, 1.54) is 29.2 Å². The predicted molar refractivity (Wildman–Crippen MR) is 187 cm³/mol. The lowest BCUT2D eigenvalue weighted by molar-refractivity contribution is -0.116. The largest absolute Gasteiger partial charge is 0.485 e. The molecule has 6 N–H and O–H groups in total. The maximum absolute atomic E-state index is 13.8. The van der Waals surface area contributed by atoms with Crippen LogP contribution in [0.1, 0.15) is 56.3 Å². The molecule has 0 saturated heterocycles. The number of hydrogen-bond acceptors (Lipinski definition) is 7. The van der Waals surface area contributed by atoms with Crippen LogP contribution in [0.4, 0.5) is 31.9 Å². The van der Waals surface area contributed by atoms with E-state index in [-0.39, 0.29) is 67.5 Å². The van der Waals surface area contributed by atoms with Crippen molar-refractivity contribution in [1.82, 2.24) is 9.80 Å². The number of para-hydroxylation sites is 3. The van der Waals surface area contributed by atoms with Gasteiger partial charge in [-0.05, 0) is 68.3 Å². The molecular formula is C36H45FN6O6. The van der Waals surface area contributed by atoms with Crippen LogP contribution < -0.4 is 26.4 Å². The van der Waals surface area contributed by atoms with E-state index >= 15 is 0 Å².